The van der Waals surface area contributed by atoms with Crippen molar-refractivity contribution >= 4 is 18.0 Å². The van der Waals surface area contributed by atoms with Crippen molar-refractivity contribution in [3.8, 4) is 0 Å². The molecule has 15 heteroatoms. The predicted octanol–water partition coefficient (Wildman–Crippen LogP) is 6.41. The highest BCUT2D eigenvalue weighted by Gasteiger charge is 2.60. The number of hydrogen-bond acceptors (Lipinski definition) is 6. The molecule has 2 fully saturated rings. The fourth-order valence-electron chi connectivity index (χ4n) is 6.20. The number of rotatable bonds is 9. The summed E-state index contributed by atoms with van der Waals surface area (Å²) in [6.45, 7) is -0.511. The van der Waals surface area contributed by atoms with Crippen molar-refractivity contribution in [2.45, 2.75) is 55.9 Å². The van der Waals surface area contributed by atoms with E-state index in [4.69, 9.17) is 9.47 Å². The Morgan fingerprint density at radius 3 is 2.08 bits per heavy atom. The minimum Gasteiger partial charge on any atom is -0.445 e. The number of halogens is 6. The molecule has 2 heterocycles. The Labute approximate surface area is 277 Å². The van der Waals surface area contributed by atoms with E-state index in [2.05, 4.69) is 5.32 Å². The summed E-state index contributed by atoms with van der Waals surface area (Å²) in [5.41, 5.74) is -5.34. The first-order valence-corrected chi connectivity index (χ1v) is 15.3. The van der Waals surface area contributed by atoms with Crippen LogP contribution in [-0.2, 0) is 38.8 Å². The summed E-state index contributed by atoms with van der Waals surface area (Å²) in [5, 5.41) is 12.1. The van der Waals surface area contributed by atoms with Gasteiger partial charge in [0.25, 0.3) is 5.91 Å². The van der Waals surface area contributed by atoms with Gasteiger partial charge >= 0.3 is 24.5 Å². The number of hydrogen-bond donors (Lipinski definition) is 2. The second-order valence-corrected chi connectivity index (χ2v) is 12.0. The summed E-state index contributed by atoms with van der Waals surface area (Å²) >= 11 is 0. The summed E-state index contributed by atoms with van der Waals surface area (Å²) in [4.78, 5) is 42.5. The highest BCUT2D eigenvalue weighted by Crippen LogP contribution is 2.45. The Bertz CT molecular complexity index is 1640. The summed E-state index contributed by atoms with van der Waals surface area (Å²) in [7, 11) is 0. The summed E-state index contributed by atoms with van der Waals surface area (Å²) < 4.78 is 93.5. The number of nitrogens with zero attached hydrogens (tertiary/aromatic N) is 2. The number of piperidine rings is 1. The second-order valence-electron chi connectivity index (χ2n) is 12.0. The molecule has 4 amide bonds. The predicted molar refractivity (Wildman–Crippen MR) is 162 cm³/mol. The van der Waals surface area contributed by atoms with Gasteiger partial charge in [-0.25, -0.2) is 9.59 Å². The van der Waals surface area contributed by atoms with Crippen LogP contribution >= 0.6 is 0 Å². The van der Waals surface area contributed by atoms with E-state index in [0.29, 0.717) is 23.3 Å². The Balaban J connectivity index is 1.53. The second kappa shape index (κ2) is 13.7. The lowest BCUT2D eigenvalue weighted by Gasteiger charge is -2.51. The number of nitrogens with one attached hydrogen (secondary N) is 1. The molecule has 0 aromatic heterocycles. The molecule has 2 aliphatic heterocycles. The van der Waals surface area contributed by atoms with Crippen LogP contribution in [0, 0.1) is 0 Å². The zero-order chi connectivity index (χ0) is 35.6. The van der Waals surface area contributed by atoms with Crippen molar-refractivity contribution in [1.29, 1.82) is 0 Å². The molecule has 2 saturated heterocycles. The topological polar surface area (TPSA) is 108 Å². The van der Waals surface area contributed by atoms with Crippen LogP contribution in [0.3, 0.4) is 0 Å². The fraction of sp³-hybridized carbons (Fsp3) is 0.382. The molecule has 1 unspecified atom stereocenters. The number of aliphatic hydroxyl groups is 1. The number of urea groups is 1. The SMILES string of the molecule is C[C@@H](OC[C@@]1(c2ccccc2)CCC2(CN1C(=O)OCc1ccccc1)NC(=O)N(CCO)C2=O)c1cc(C(F)(F)F)cc(C(F)(F)F)c1. The van der Waals surface area contributed by atoms with E-state index in [1.54, 1.807) is 60.7 Å². The lowest BCUT2D eigenvalue weighted by Crippen LogP contribution is -2.67. The molecular weight excluding hydrogens is 660 g/mol. The molecule has 0 bridgehead atoms. The molecule has 2 N–H and O–H groups in total. The zero-order valence-corrected chi connectivity index (χ0v) is 26.2. The van der Waals surface area contributed by atoms with Crippen molar-refractivity contribution in [2.75, 3.05) is 26.3 Å². The van der Waals surface area contributed by atoms with Crippen LogP contribution in [0.4, 0.5) is 35.9 Å². The lowest BCUT2D eigenvalue weighted by atomic mass is 9.74. The largest absolute Gasteiger partial charge is 0.445 e. The Hall–Kier alpha value is -4.63. The van der Waals surface area contributed by atoms with Crippen molar-refractivity contribution < 1.29 is 55.3 Å². The number of likely N-dealkylation sites (tertiary alicyclic amines) is 1. The van der Waals surface area contributed by atoms with Crippen LogP contribution in [0.15, 0.2) is 78.9 Å². The van der Waals surface area contributed by atoms with Crippen molar-refractivity contribution in [1.82, 2.24) is 15.1 Å². The molecule has 262 valence electrons. The van der Waals surface area contributed by atoms with E-state index in [1.807, 2.05) is 0 Å². The number of benzene rings is 3. The molecule has 49 heavy (non-hydrogen) atoms. The first-order chi connectivity index (χ1) is 23.1. The van der Waals surface area contributed by atoms with Gasteiger partial charge in [-0.3, -0.25) is 14.6 Å². The minimum absolute atomic E-state index is 0.0275. The van der Waals surface area contributed by atoms with Gasteiger partial charge in [0.1, 0.15) is 12.1 Å². The van der Waals surface area contributed by atoms with E-state index < -0.39 is 84.0 Å². The smallest absolute Gasteiger partial charge is 0.416 e. The van der Waals surface area contributed by atoms with Crippen LogP contribution in [-0.4, -0.2) is 64.8 Å². The van der Waals surface area contributed by atoms with Crippen molar-refractivity contribution in [3.63, 3.8) is 0 Å². The van der Waals surface area contributed by atoms with Gasteiger partial charge in [-0.15, -0.1) is 0 Å². The third-order valence-corrected chi connectivity index (χ3v) is 8.87. The van der Waals surface area contributed by atoms with Crippen LogP contribution in [0.25, 0.3) is 0 Å². The van der Waals surface area contributed by atoms with E-state index >= 15 is 0 Å². The van der Waals surface area contributed by atoms with E-state index in [0.717, 1.165) is 4.90 Å². The van der Waals surface area contributed by atoms with E-state index in [9.17, 15) is 45.8 Å². The van der Waals surface area contributed by atoms with Crippen LogP contribution < -0.4 is 5.32 Å². The van der Waals surface area contributed by atoms with Crippen molar-refractivity contribution in [2.24, 2.45) is 0 Å². The molecule has 9 nitrogen and oxygen atoms in total. The highest BCUT2D eigenvalue weighted by molar-refractivity contribution is 6.07. The highest BCUT2D eigenvalue weighted by atomic mass is 19.4. The monoisotopic (exact) mass is 693 g/mol. The average molecular weight is 694 g/mol. The Morgan fingerprint density at radius 1 is 0.918 bits per heavy atom. The molecule has 1 spiro atoms. The molecular formula is C34H33F6N3O6. The standard InChI is InChI=1S/C34H33F6N3O6/c1-22(24-16-26(33(35,36)37)18-27(17-24)34(38,39)40)49-21-32(25-10-6-3-7-11-25)13-12-31(28(45)42(14-15-44)29(46)41-31)20-43(32)30(47)48-19-23-8-4-2-5-9-23/h2-11,16-18,22,44H,12-15,19-21H2,1H3,(H,41,46)/t22-,31?,32-/m1/s1. The van der Waals surface area contributed by atoms with E-state index in [-0.39, 0.29) is 32.1 Å². The van der Waals surface area contributed by atoms with Gasteiger partial charge in [-0.05, 0) is 54.7 Å². The number of alkyl halides is 6. The quantitative estimate of drug-likeness (QED) is 0.198. The van der Waals surface area contributed by atoms with Crippen molar-refractivity contribution in [3.05, 3.63) is 107 Å². The number of ether oxygens (including phenoxy) is 2. The van der Waals surface area contributed by atoms with Gasteiger partial charge in [0, 0.05) is 0 Å². The normalized spacial score (nSPS) is 22.0. The maximum absolute atomic E-state index is 14.0. The summed E-state index contributed by atoms with van der Waals surface area (Å²) in [5.74, 6) is -0.674. The average Bonchev–Trinajstić information content (AvgIpc) is 3.30. The number of carbonyl (C=O) groups is 3. The maximum Gasteiger partial charge on any atom is 0.416 e. The van der Waals surface area contributed by atoms with Gasteiger partial charge in [-0.1, -0.05) is 60.7 Å². The molecule has 3 aromatic rings. The molecule has 3 aromatic carbocycles. The molecule has 0 aliphatic carbocycles. The van der Waals surface area contributed by atoms with Gasteiger partial charge in [0.05, 0.1) is 49.1 Å². The summed E-state index contributed by atoms with van der Waals surface area (Å²) in [6, 6.07) is 17.5. The molecule has 3 atom stereocenters. The number of imide groups is 1. The fourth-order valence-corrected chi connectivity index (χ4v) is 6.20. The molecule has 0 radical (unpaired) electrons. The Kier molecular flexibility index (Phi) is 9.98. The number of amides is 4. The molecule has 5 rings (SSSR count). The van der Waals surface area contributed by atoms with E-state index in [1.165, 1.54) is 11.8 Å². The van der Waals surface area contributed by atoms with Gasteiger partial charge < -0.3 is 19.9 Å². The van der Waals surface area contributed by atoms with Gasteiger partial charge in [-0.2, -0.15) is 26.3 Å². The Morgan fingerprint density at radius 2 is 1.51 bits per heavy atom. The summed E-state index contributed by atoms with van der Waals surface area (Å²) in [6.07, 6.45) is -12.4. The van der Waals surface area contributed by atoms with Gasteiger partial charge in [0.2, 0.25) is 0 Å². The lowest BCUT2D eigenvalue weighted by molar-refractivity contribution is -0.143. The number of aliphatic hydroxyl groups excluding tert-OH is 1. The zero-order valence-electron chi connectivity index (χ0n) is 26.2. The number of carbonyl (C=O) groups excluding carboxylic acids is 3. The van der Waals surface area contributed by atoms with Crippen LogP contribution in [0.1, 0.15) is 53.7 Å². The first-order valence-electron chi connectivity index (χ1n) is 15.3. The van der Waals surface area contributed by atoms with Gasteiger partial charge in [0.15, 0.2) is 0 Å². The first kappa shape index (κ1) is 35.7. The number of β-amino-alcohol motifs (C(OH)–C–C–N with tert-alkyl or cyclic N) is 1. The molecule has 2 aliphatic rings. The minimum atomic E-state index is -5.07. The van der Waals surface area contributed by atoms with Crippen LogP contribution in [0.5, 0.6) is 0 Å². The third-order valence-electron chi connectivity index (χ3n) is 8.87. The third kappa shape index (κ3) is 7.37. The maximum atomic E-state index is 14.0. The molecule has 0 saturated carbocycles. The van der Waals surface area contributed by atoms with Crippen LogP contribution in [0.2, 0.25) is 0 Å².